The van der Waals surface area contributed by atoms with Gasteiger partial charge >= 0.3 is 0 Å². The molecule has 6 nitrogen and oxygen atoms in total. The van der Waals surface area contributed by atoms with Gasteiger partial charge in [0.15, 0.2) is 11.5 Å². The third-order valence-corrected chi connectivity index (χ3v) is 4.78. The Hall–Kier alpha value is -1.31. The molecular weight excluding hydrogens is 270 g/mol. The number of aliphatic hydroxyl groups is 1. The zero-order valence-electron chi connectivity index (χ0n) is 10.2. The predicted molar refractivity (Wildman–Crippen MR) is 66.8 cm³/mol. The number of fused-ring (bicyclic) bond motifs is 1. The average molecular weight is 285 g/mol. The second kappa shape index (κ2) is 4.66. The molecule has 19 heavy (non-hydrogen) atoms. The summed E-state index contributed by atoms with van der Waals surface area (Å²) in [6, 6.07) is 4.36. The van der Waals surface area contributed by atoms with E-state index in [0.29, 0.717) is 37.6 Å². The summed E-state index contributed by atoms with van der Waals surface area (Å²) in [6.07, 6.45) is 0.529. The fourth-order valence-corrected chi connectivity index (χ4v) is 3.44. The summed E-state index contributed by atoms with van der Waals surface area (Å²) in [5.74, 6) is 1.01. The molecular formula is C12H15NO5S. The Balaban J connectivity index is 1.80. The monoisotopic (exact) mass is 285 g/mol. The molecule has 0 saturated heterocycles. The Morgan fingerprint density at radius 1 is 1.16 bits per heavy atom. The zero-order valence-corrected chi connectivity index (χ0v) is 11.0. The van der Waals surface area contributed by atoms with Gasteiger partial charge in [-0.05, 0) is 25.0 Å². The van der Waals surface area contributed by atoms with E-state index in [0.717, 1.165) is 0 Å². The first-order chi connectivity index (χ1) is 9.04. The summed E-state index contributed by atoms with van der Waals surface area (Å²) in [5.41, 5.74) is 0. The number of rotatable bonds is 3. The van der Waals surface area contributed by atoms with Gasteiger partial charge < -0.3 is 14.6 Å². The van der Waals surface area contributed by atoms with Crippen LogP contribution in [0.4, 0.5) is 0 Å². The van der Waals surface area contributed by atoms with Gasteiger partial charge in [0, 0.05) is 12.1 Å². The van der Waals surface area contributed by atoms with Gasteiger partial charge in [-0.2, -0.15) is 0 Å². The van der Waals surface area contributed by atoms with Crippen LogP contribution in [0.5, 0.6) is 11.5 Å². The van der Waals surface area contributed by atoms with Crippen molar-refractivity contribution >= 4 is 10.0 Å². The van der Waals surface area contributed by atoms with Crippen LogP contribution in [-0.2, 0) is 10.0 Å². The van der Waals surface area contributed by atoms with Gasteiger partial charge in [0.25, 0.3) is 0 Å². The maximum Gasteiger partial charge on any atom is 0.240 e. The van der Waals surface area contributed by atoms with Crippen LogP contribution >= 0.6 is 0 Å². The van der Waals surface area contributed by atoms with E-state index in [-0.39, 0.29) is 10.9 Å². The van der Waals surface area contributed by atoms with Crippen molar-refractivity contribution in [1.29, 1.82) is 0 Å². The Labute approximate surface area is 111 Å². The number of nitrogens with one attached hydrogen (secondary N) is 1. The summed E-state index contributed by atoms with van der Waals surface area (Å²) in [7, 11) is -3.57. The van der Waals surface area contributed by atoms with Gasteiger partial charge in [0.2, 0.25) is 10.0 Å². The van der Waals surface area contributed by atoms with E-state index >= 15 is 0 Å². The maximum atomic E-state index is 12.1. The van der Waals surface area contributed by atoms with E-state index in [4.69, 9.17) is 9.47 Å². The molecule has 0 unspecified atom stereocenters. The van der Waals surface area contributed by atoms with Gasteiger partial charge in [-0.15, -0.1) is 0 Å². The smallest absolute Gasteiger partial charge is 0.240 e. The molecule has 104 valence electrons. The first-order valence-corrected chi connectivity index (χ1v) is 7.63. The van der Waals surface area contributed by atoms with Crippen LogP contribution in [0.15, 0.2) is 23.1 Å². The SMILES string of the molecule is O=S(=O)(NC1CC(O)C1)c1ccc2c(c1)OCCO2. The van der Waals surface area contributed by atoms with Crippen LogP contribution in [0, 0.1) is 0 Å². The first kappa shape index (κ1) is 12.7. The molecule has 3 rings (SSSR count). The van der Waals surface area contributed by atoms with Gasteiger partial charge in [-0.1, -0.05) is 0 Å². The molecule has 1 aromatic carbocycles. The van der Waals surface area contributed by atoms with E-state index in [9.17, 15) is 13.5 Å². The molecule has 1 heterocycles. The van der Waals surface area contributed by atoms with Gasteiger partial charge in [0.05, 0.1) is 11.0 Å². The maximum absolute atomic E-state index is 12.1. The van der Waals surface area contributed by atoms with Crippen LogP contribution in [0.1, 0.15) is 12.8 Å². The lowest BCUT2D eigenvalue weighted by atomic mass is 9.91. The highest BCUT2D eigenvalue weighted by atomic mass is 32.2. The molecule has 0 aromatic heterocycles. The first-order valence-electron chi connectivity index (χ1n) is 6.15. The number of ether oxygens (including phenoxy) is 2. The number of hydrogen-bond donors (Lipinski definition) is 2. The molecule has 2 aliphatic rings. The largest absolute Gasteiger partial charge is 0.486 e. The van der Waals surface area contributed by atoms with E-state index in [2.05, 4.69) is 4.72 Å². The minimum atomic E-state index is -3.57. The van der Waals surface area contributed by atoms with Crippen LogP contribution in [-0.4, -0.2) is 38.9 Å². The normalized spacial score (nSPS) is 25.7. The lowest BCUT2D eigenvalue weighted by Gasteiger charge is -2.31. The van der Waals surface area contributed by atoms with Crippen molar-refractivity contribution in [1.82, 2.24) is 4.72 Å². The topological polar surface area (TPSA) is 84.9 Å². The van der Waals surface area contributed by atoms with Gasteiger partial charge in [-0.3, -0.25) is 0 Å². The van der Waals surface area contributed by atoms with Crippen molar-refractivity contribution in [3.8, 4) is 11.5 Å². The molecule has 1 aromatic rings. The summed E-state index contributed by atoms with van der Waals surface area (Å²) < 4.78 is 37.5. The molecule has 1 aliphatic carbocycles. The molecule has 1 aliphatic heterocycles. The van der Waals surface area contributed by atoms with Crippen molar-refractivity contribution in [3.63, 3.8) is 0 Å². The summed E-state index contributed by atoms with van der Waals surface area (Å²) >= 11 is 0. The number of sulfonamides is 1. The van der Waals surface area contributed by atoms with Crippen LogP contribution < -0.4 is 14.2 Å². The van der Waals surface area contributed by atoms with E-state index in [1.807, 2.05) is 0 Å². The molecule has 0 atom stereocenters. The third kappa shape index (κ3) is 2.54. The second-order valence-electron chi connectivity index (χ2n) is 4.75. The fraction of sp³-hybridized carbons (Fsp3) is 0.500. The molecule has 7 heteroatoms. The molecule has 0 spiro atoms. The highest BCUT2D eigenvalue weighted by Crippen LogP contribution is 2.32. The van der Waals surface area contributed by atoms with Crippen molar-refractivity contribution in [2.24, 2.45) is 0 Å². The lowest BCUT2D eigenvalue weighted by molar-refractivity contribution is 0.0712. The van der Waals surface area contributed by atoms with Crippen LogP contribution in [0.3, 0.4) is 0 Å². The summed E-state index contributed by atoms with van der Waals surface area (Å²) in [6.45, 7) is 0.885. The minimum Gasteiger partial charge on any atom is -0.486 e. The zero-order chi connectivity index (χ0) is 13.5. The highest BCUT2D eigenvalue weighted by molar-refractivity contribution is 7.89. The van der Waals surface area contributed by atoms with Crippen molar-refractivity contribution in [2.75, 3.05) is 13.2 Å². The van der Waals surface area contributed by atoms with Gasteiger partial charge in [-0.25, -0.2) is 13.1 Å². The average Bonchev–Trinajstić information content (AvgIpc) is 2.36. The van der Waals surface area contributed by atoms with E-state index < -0.39 is 16.1 Å². The van der Waals surface area contributed by atoms with Crippen LogP contribution in [0.25, 0.3) is 0 Å². The second-order valence-corrected chi connectivity index (χ2v) is 6.46. The molecule has 1 saturated carbocycles. The molecule has 0 amide bonds. The Bertz CT molecular complexity index is 580. The van der Waals surface area contributed by atoms with Gasteiger partial charge in [0.1, 0.15) is 13.2 Å². The van der Waals surface area contributed by atoms with Crippen molar-refractivity contribution in [2.45, 2.75) is 29.9 Å². The third-order valence-electron chi connectivity index (χ3n) is 3.26. The molecule has 0 bridgehead atoms. The van der Waals surface area contributed by atoms with Crippen LogP contribution in [0.2, 0.25) is 0 Å². The lowest BCUT2D eigenvalue weighted by Crippen LogP contribution is -2.46. The summed E-state index contributed by atoms with van der Waals surface area (Å²) in [5, 5.41) is 9.17. The van der Waals surface area contributed by atoms with Crippen molar-refractivity contribution in [3.05, 3.63) is 18.2 Å². The van der Waals surface area contributed by atoms with E-state index in [1.54, 1.807) is 6.07 Å². The fourth-order valence-electron chi connectivity index (χ4n) is 2.16. The Kier molecular flexibility index (Phi) is 3.12. The molecule has 2 N–H and O–H groups in total. The summed E-state index contributed by atoms with van der Waals surface area (Å²) in [4.78, 5) is 0.151. The highest BCUT2D eigenvalue weighted by Gasteiger charge is 2.31. The van der Waals surface area contributed by atoms with E-state index in [1.165, 1.54) is 12.1 Å². The number of benzene rings is 1. The molecule has 1 fully saturated rings. The molecule has 0 radical (unpaired) electrons. The quantitative estimate of drug-likeness (QED) is 0.832. The standard InChI is InChI=1S/C12H15NO5S/c14-9-5-8(6-9)13-19(15,16)10-1-2-11-12(7-10)18-4-3-17-11/h1-2,7-9,13-14H,3-6H2. The number of aliphatic hydroxyl groups excluding tert-OH is 1. The van der Waals surface area contributed by atoms with Crippen molar-refractivity contribution < 1.29 is 23.0 Å². The predicted octanol–water partition coefficient (Wildman–Crippen LogP) is 0.259. The number of hydrogen-bond acceptors (Lipinski definition) is 5. The Morgan fingerprint density at radius 2 is 1.84 bits per heavy atom. The minimum absolute atomic E-state index is 0.151. The Morgan fingerprint density at radius 3 is 2.53 bits per heavy atom.